The van der Waals surface area contributed by atoms with E-state index in [0.29, 0.717) is 6.04 Å². The average Bonchev–Trinajstić information content (AvgIpc) is 2.95. The van der Waals surface area contributed by atoms with E-state index in [-0.39, 0.29) is 0 Å². The molecule has 0 aliphatic rings. The van der Waals surface area contributed by atoms with Crippen LogP contribution in [-0.4, -0.2) is 17.6 Å². The lowest BCUT2D eigenvalue weighted by molar-refractivity contribution is 0.309. The number of H-pyrrole nitrogens is 1. The van der Waals surface area contributed by atoms with Gasteiger partial charge in [-0.2, -0.15) is 0 Å². The van der Waals surface area contributed by atoms with Gasteiger partial charge in [-0.05, 0) is 50.3 Å². The van der Waals surface area contributed by atoms with Crippen LogP contribution in [0.15, 0.2) is 48.5 Å². The summed E-state index contributed by atoms with van der Waals surface area (Å²) in [5, 5.41) is 4.87. The van der Waals surface area contributed by atoms with Crippen molar-refractivity contribution in [1.29, 1.82) is 0 Å². The molecular formula is C22H28N2O. The Hall–Kier alpha value is -2.42. The summed E-state index contributed by atoms with van der Waals surface area (Å²) in [6.45, 7) is 7.20. The fourth-order valence-corrected chi connectivity index (χ4v) is 3.09. The Balaban J connectivity index is 1.76. The van der Waals surface area contributed by atoms with Crippen LogP contribution < -0.4 is 10.1 Å². The molecule has 1 unspecified atom stereocenters. The van der Waals surface area contributed by atoms with E-state index < -0.39 is 0 Å². The highest BCUT2D eigenvalue weighted by molar-refractivity contribution is 5.96. The predicted octanol–water partition coefficient (Wildman–Crippen LogP) is 5.70. The zero-order chi connectivity index (χ0) is 17.6. The molecular weight excluding hydrogens is 308 g/mol. The average molecular weight is 336 g/mol. The normalized spacial score (nSPS) is 12.3. The Morgan fingerprint density at radius 1 is 1.12 bits per heavy atom. The second-order valence-corrected chi connectivity index (χ2v) is 6.80. The number of rotatable bonds is 8. The molecule has 0 spiro atoms. The lowest BCUT2D eigenvalue weighted by Crippen LogP contribution is -2.16. The molecule has 1 heterocycles. The van der Waals surface area contributed by atoms with Crippen molar-refractivity contribution in [3.8, 4) is 5.88 Å². The van der Waals surface area contributed by atoms with Gasteiger partial charge >= 0.3 is 0 Å². The number of aromatic amines is 1. The van der Waals surface area contributed by atoms with Crippen molar-refractivity contribution in [2.45, 2.75) is 46.1 Å². The molecule has 1 atom stereocenters. The maximum atomic E-state index is 5.96. The number of nitrogens with one attached hydrogen (secondary N) is 2. The highest BCUT2D eigenvalue weighted by atomic mass is 16.5. The highest BCUT2D eigenvalue weighted by Crippen LogP contribution is 2.35. The molecule has 3 heteroatoms. The lowest BCUT2D eigenvalue weighted by atomic mass is 10.1. The Morgan fingerprint density at radius 2 is 1.92 bits per heavy atom. The van der Waals surface area contributed by atoms with Gasteiger partial charge in [0.05, 0.1) is 12.1 Å². The molecule has 0 saturated heterocycles. The third-order valence-electron chi connectivity index (χ3n) is 4.47. The van der Waals surface area contributed by atoms with Crippen molar-refractivity contribution >= 4 is 16.6 Å². The molecule has 3 nitrogen and oxygen atoms in total. The minimum atomic E-state index is 0.365. The van der Waals surface area contributed by atoms with Crippen molar-refractivity contribution in [2.24, 2.45) is 0 Å². The minimum Gasteiger partial charge on any atom is -0.478 e. The fourth-order valence-electron chi connectivity index (χ4n) is 3.09. The van der Waals surface area contributed by atoms with Gasteiger partial charge in [-0.25, -0.2) is 0 Å². The van der Waals surface area contributed by atoms with Gasteiger partial charge in [-0.1, -0.05) is 49.4 Å². The Kier molecular flexibility index (Phi) is 5.64. The summed E-state index contributed by atoms with van der Waals surface area (Å²) in [7, 11) is 0. The summed E-state index contributed by atoms with van der Waals surface area (Å²) in [6.07, 6.45) is 3.15. The van der Waals surface area contributed by atoms with E-state index in [1.807, 2.05) is 0 Å². The number of aryl methyl sites for hydroxylation is 2. The van der Waals surface area contributed by atoms with E-state index in [4.69, 9.17) is 4.74 Å². The molecule has 2 N–H and O–H groups in total. The minimum absolute atomic E-state index is 0.365. The van der Waals surface area contributed by atoms with Crippen molar-refractivity contribution < 1.29 is 4.74 Å². The van der Waals surface area contributed by atoms with Crippen LogP contribution in [0.5, 0.6) is 5.88 Å². The van der Waals surface area contributed by atoms with Gasteiger partial charge in [0.2, 0.25) is 5.88 Å². The molecule has 0 aliphatic carbocycles. The molecule has 0 radical (unpaired) electrons. The quantitative estimate of drug-likeness (QED) is 0.554. The summed E-state index contributed by atoms with van der Waals surface area (Å²) < 4.78 is 5.96. The SMILES string of the molecule is CCCOc1[nH]c2cc(C)ccc2c1NC(C)CCc1ccccc1. The van der Waals surface area contributed by atoms with Crippen LogP contribution in [0.25, 0.3) is 10.9 Å². The first-order chi connectivity index (χ1) is 12.2. The van der Waals surface area contributed by atoms with Crippen LogP contribution in [0.4, 0.5) is 5.69 Å². The second kappa shape index (κ2) is 8.11. The third kappa shape index (κ3) is 4.36. The maximum absolute atomic E-state index is 5.96. The van der Waals surface area contributed by atoms with Crippen LogP contribution in [0.3, 0.4) is 0 Å². The Bertz CT molecular complexity index is 808. The molecule has 1 aromatic heterocycles. The first-order valence-electron chi connectivity index (χ1n) is 9.23. The molecule has 3 aromatic rings. The van der Waals surface area contributed by atoms with E-state index in [1.54, 1.807) is 0 Å². The number of anilines is 1. The van der Waals surface area contributed by atoms with E-state index >= 15 is 0 Å². The summed E-state index contributed by atoms with van der Waals surface area (Å²) >= 11 is 0. The standard InChI is InChI=1S/C22H28N2O/c1-4-14-25-22-21(19-13-10-16(2)15-20(19)24-22)23-17(3)11-12-18-8-6-5-7-9-18/h5-10,13,15,17,23-24H,4,11-12,14H2,1-3H3. The monoisotopic (exact) mass is 336 g/mol. The number of fused-ring (bicyclic) bond motifs is 1. The molecule has 25 heavy (non-hydrogen) atoms. The Labute approximate surface area is 150 Å². The molecule has 0 aliphatic heterocycles. The number of benzene rings is 2. The summed E-state index contributed by atoms with van der Waals surface area (Å²) in [4.78, 5) is 3.43. The van der Waals surface area contributed by atoms with Gasteiger partial charge in [0.15, 0.2) is 0 Å². The number of hydrogen-bond donors (Lipinski definition) is 2. The van der Waals surface area contributed by atoms with E-state index in [1.165, 1.54) is 16.5 Å². The topological polar surface area (TPSA) is 37.0 Å². The van der Waals surface area contributed by atoms with E-state index in [0.717, 1.165) is 43.0 Å². The maximum Gasteiger partial charge on any atom is 0.216 e. The van der Waals surface area contributed by atoms with Gasteiger partial charge in [-0.15, -0.1) is 0 Å². The molecule has 0 saturated carbocycles. The van der Waals surface area contributed by atoms with Crippen molar-refractivity contribution in [2.75, 3.05) is 11.9 Å². The van der Waals surface area contributed by atoms with Crippen LogP contribution >= 0.6 is 0 Å². The lowest BCUT2D eigenvalue weighted by Gasteiger charge is -2.16. The van der Waals surface area contributed by atoms with Crippen molar-refractivity contribution in [3.05, 3.63) is 59.7 Å². The third-order valence-corrected chi connectivity index (χ3v) is 4.47. The molecule has 132 valence electrons. The first-order valence-corrected chi connectivity index (χ1v) is 9.23. The largest absolute Gasteiger partial charge is 0.478 e. The second-order valence-electron chi connectivity index (χ2n) is 6.80. The molecule has 0 bridgehead atoms. The molecule has 0 amide bonds. The number of ether oxygens (including phenoxy) is 1. The fraction of sp³-hybridized carbons (Fsp3) is 0.364. The predicted molar refractivity (Wildman–Crippen MR) is 107 cm³/mol. The number of hydrogen-bond acceptors (Lipinski definition) is 2. The summed E-state index contributed by atoms with van der Waals surface area (Å²) in [5.74, 6) is 0.856. The molecule has 3 rings (SSSR count). The van der Waals surface area contributed by atoms with Crippen molar-refractivity contribution in [3.63, 3.8) is 0 Å². The zero-order valence-corrected chi connectivity index (χ0v) is 15.4. The van der Waals surface area contributed by atoms with Gasteiger partial charge in [0.25, 0.3) is 0 Å². The van der Waals surface area contributed by atoms with Gasteiger partial charge < -0.3 is 15.0 Å². The van der Waals surface area contributed by atoms with E-state index in [2.05, 4.69) is 79.6 Å². The van der Waals surface area contributed by atoms with Crippen LogP contribution in [0.2, 0.25) is 0 Å². The summed E-state index contributed by atoms with van der Waals surface area (Å²) in [6, 6.07) is 17.5. The van der Waals surface area contributed by atoms with Gasteiger partial charge in [0, 0.05) is 11.4 Å². The van der Waals surface area contributed by atoms with Crippen LogP contribution in [-0.2, 0) is 6.42 Å². The zero-order valence-electron chi connectivity index (χ0n) is 15.4. The first kappa shape index (κ1) is 17.4. The van der Waals surface area contributed by atoms with Crippen molar-refractivity contribution in [1.82, 2.24) is 4.98 Å². The van der Waals surface area contributed by atoms with Gasteiger partial charge in [-0.3, -0.25) is 0 Å². The van der Waals surface area contributed by atoms with Gasteiger partial charge in [0.1, 0.15) is 5.69 Å². The summed E-state index contributed by atoms with van der Waals surface area (Å²) in [5.41, 5.74) is 4.85. The van der Waals surface area contributed by atoms with Crippen LogP contribution in [0.1, 0.15) is 37.8 Å². The van der Waals surface area contributed by atoms with Crippen LogP contribution in [0, 0.1) is 6.92 Å². The molecule has 2 aromatic carbocycles. The number of aromatic nitrogens is 1. The smallest absolute Gasteiger partial charge is 0.216 e. The Morgan fingerprint density at radius 3 is 2.68 bits per heavy atom. The highest BCUT2D eigenvalue weighted by Gasteiger charge is 2.15. The molecule has 0 fully saturated rings. The van der Waals surface area contributed by atoms with E-state index in [9.17, 15) is 0 Å².